The summed E-state index contributed by atoms with van der Waals surface area (Å²) in [4.78, 5) is 16.5. The Morgan fingerprint density at radius 2 is 1.91 bits per heavy atom. The van der Waals surface area contributed by atoms with Gasteiger partial charge >= 0.3 is 0 Å². The van der Waals surface area contributed by atoms with Gasteiger partial charge in [-0.3, -0.25) is 4.79 Å². The third-order valence-electron chi connectivity index (χ3n) is 3.83. The summed E-state index contributed by atoms with van der Waals surface area (Å²) in [7, 11) is 0. The van der Waals surface area contributed by atoms with Gasteiger partial charge in [0, 0.05) is 4.47 Å². The van der Waals surface area contributed by atoms with Crippen LogP contribution in [0.1, 0.15) is 11.4 Å². The van der Waals surface area contributed by atoms with Gasteiger partial charge in [0.1, 0.15) is 11.6 Å². The third kappa shape index (κ3) is 1.89. The Labute approximate surface area is 134 Å². The highest BCUT2D eigenvalue weighted by atomic mass is 79.9. The second-order valence-corrected chi connectivity index (χ2v) is 6.09. The van der Waals surface area contributed by atoms with E-state index in [9.17, 15) is 9.90 Å². The van der Waals surface area contributed by atoms with Crippen LogP contribution in [0.4, 0.5) is 0 Å². The molecule has 1 aliphatic heterocycles. The summed E-state index contributed by atoms with van der Waals surface area (Å²) in [5.41, 5.74) is 1.97. The molecule has 4 nitrogen and oxygen atoms in total. The van der Waals surface area contributed by atoms with Gasteiger partial charge in [-0.1, -0.05) is 46.3 Å². The maximum absolute atomic E-state index is 12.3. The zero-order valence-electron chi connectivity index (χ0n) is 11.5. The van der Waals surface area contributed by atoms with Crippen LogP contribution in [0.25, 0.3) is 16.5 Å². The van der Waals surface area contributed by atoms with Gasteiger partial charge in [-0.15, -0.1) is 0 Å². The summed E-state index contributed by atoms with van der Waals surface area (Å²) in [5.74, 6) is 0.747. The first-order chi connectivity index (χ1) is 10.6. The topological polar surface area (TPSA) is 55.1 Å². The van der Waals surface area contributed by atoms with Gasteiger partial charge in [0.25, 0.3) is 5.56 Å². The van der Waals surface area contributed by atoms with E-state index in [1.165, 1.54) is 0 Å². The SMILES string of the molecule is O=c1nc2n(c3ccc(Br)cc13)CC(O)=C2c1ccccc1. The van der Waals surface area contributed by atoms with Crippen LogP contribution in [-0.4, -0.2) is 14.7 Å². The molecule has 0 spiro atoms. The van der Waals surface area contributed by atoms with E-state index < -0.39 is 0 Å². The van der Waals surface area contributed by atoms with E-state index in [2.05, 4.69) is 20.9 Å². The lowest BCUT2D eigenvalue weighted by Crippen LogP contribution is -2.15. The van der Waals surface area contributed by atoms with Crippen LogP contribution in [0.3, 0.4) is 0 Å². The van der Waals surface area contributed by atoms with Crippen LogP contribution in [0, 0.1) is 0 Å². The zero-order valence-corrected chi connectivity index (χ0v) is 13.0. The summed E-state index contributed by atoms with van der Waals surface area (Å²) in [6, 6.07) is 15.0. The minimum absolute atomic E-state index is 0.230. The van der Waals surface area contributed by atoms with Gasteiger partial charge in [0.15, 0.2) is 0 Å². The number of allylic oxidation sites excluding steroid dienone is 1. The molecule has 0 amide bonds. The Balaban J connectivity index is 2.04. The number of aromatic nitrogens is 2. The summed E-state index contributed by atoms with van der Waals surface area (Å²) in [5, 5.41) is 10.9. The molecular formula is C17H11BrN2O2. The van der Waals surface area contributed by atoms with Crippen molar-refractivity contribution in [3.05, 3.63) is 80.5 Å². The van der Waals surface area contributed by atoms with E-state index in [0.29, 0.717) is 23.3 Å². The molecule has 2 heterocycles. The standard InChI is InChI=1S/C17H11BrN2O2/c18-11-6-7-13-12(8-11)17(22)19-16-15(14(21)9-20(13)16)10-4-2-1-3-5-10/h1-8,21H,9H2. The van der Waals surface area contributed by atoms with Gasteiger partial charge < -0.3 is 9.67 Å². The smallest absolute Gasteiger partial charge is 0.281 e. The number of hydrogen-bond acceptors (Lipinski definition) is 3. The van der Waals surface area contributed by atoms with E-state index in [-0.39, 0.29) is 11.3 Å². The molecule has 0 aliphatic carbocycles. The predicted octanol–water partition coefficient (Wildman–Crippen LogP) is 3.49. The summed E-state index contributed by atoms with van der Waals surface area (Å²) in [6.45, 7) is 0.324. The van der Waals surface area contributed by atoms with Gasteiger partial charge in [0.05, 0.1) is 23.0 Å². The summed E-state index contributed by atoms with van der Waals surface area (Å²) in [6.07, 6.45) is 0. The molecule has 5 heteroatoms. The molecule has 2 aromatic carbocycles. The minimum Gasteiger partial charge on any atom is -0.510 e. The molecule has 0 bridgehead atoms. The van der Waals surface area contributed by atoms with Crippen LogP contribution in [0.5, 0.6) is 0 Å². The largest absolute Gasteiger partial charge is 0.510 e. The number of nitrogens with zero attached hydrogens (tertiary/aromatic N) is 2. The average Bonchev–Trinajstić information content (AvgIpc) is 2.84. The second-order valence-electron chi connectivity index (χ2n) is 5.18. The molecule has 0 fully saturated rings. The lowest BCUT2D eigenvalue weighted by atomic mass is 10.1. The Morgan fingerprint density at radius 3 is 2.68 bits per heavy atom. The molecule has 3 aromatic rings. The van der Waals surface area contributed by atoms with Crippen molar-refractivity contribution in [2.24, 2.45) is 0 Å². The second kappa shape index (κ2) is 4.81. The number of aliphatic hydroxyl groups is 1. The van der Waals surface area contributed by atoms with Crippen molar-refractivity contribution in [1.82, 2.24) is 9.55 Å². The summed E-state index contributed by atoms with van der Waals surface area (Å²) < 4.78 is 2.71. The van der Waals surface area contributed by atoms with E-state index in [1.807, 2.05) is 47.0 Å². The van der Waals surface area contributed by atoms with Crippen molar-refractivity contribution in [2.45, 2.75) is 6.54 Å². The minimum atomic E-state index is -0.286. The first-order valence-electron chi connectivity index (χ1n) is 6.83. The van der Waals surface area contributed by atoms with Crippen LogP contribution in [-0.2, 0) is 6.54 Å². The third-order valence-corrected chi connectivity index (χ3v) is 4.32. The zero-order chi connectivity index (χ0) is 15.3. The molecular weight excluding hydrogens is 344 g/mol. The average molecular weight is 355 g/mol. The molecule has 1 aliphatic rings. The van der Waals surface area contributed by atoms with Gasteiger partial charge in [0.2, 0.25) is 0 Å². The van der Waals surface area contributed by atoms with Gasteiger partial charge in [-0.25, -0.2) is 0 Å². The van der Waals surface area contributed by atoms with E-state index in [0.717, 1.165) is 15.6 Å². The number of hydrogen-bond donors (Lipinski definition) is 1. The molecule has 0 saturated heterocycles. The van der Waals surface area contributed by atoms with Crippen molar-refractivity contribution < 1.29 is 5.11 Å². The molecule has 108 valence electrons. The maximum Gasteiger partial charge on any atom is 0.281 e. The van der Waals surface area contributed by atoms with Crippen molar-refractivity contribution in [2.75, 3.05) is 0 Å². The molecule has 4 rings (SSSR count). The maximum atomic E-state index is 12.3. The predicted molar refractivity (Wildman–Crippen MR) is 88.8 cm³/mol. The highest BCUT2D eigenvalue weighted by molar-refractivity contribution is 9.10. The van der Waals surface area contributed by atoms with E-state index in [4.69, 9.17) is 0 Å². The van der Waals surface area contributed by atoms with E-state index >= 15 is 0 Å². The van der Waals surface area contributed by atoms with Crippen molar-refractivity contribution >= 4 is 32.4 Å². The molecule has 22 heavy (non-hydrogen) atoms. The Bertz CT molecular complexity index is 991. The number of aliphatic hydroxyl groups excluding tert-OH is 1. The normalized spacial score (nSPS) is 13.7. The van der Waals surface area contributed by atoms with Crippen LogP contribution in [0.15, 0.2) is 63.6 Å². The Hall–Kier alpha value is -2.40. The first-order valence-corrected chi connectivity index (χ1v) is 7.62. The first kappa shape index (κ1) is 13.3. The van der Waals surface area contributed by atoms with Crippen LogP contribution >= 0.6 is 15.9 Å². The highest BCUT2D eigenvalue weighted by Crippen LogP contribution is 2.32. The van der Waals surface area contributed by atoms with Crippen molar-refractivity contribution in [3.8, 4) is 0 Å². The lowest BCUT2D eigenvalue weighted by Gasteiger charge is -2.09. The molecule has 0 radical (unpaired) electrons. The number of benzene rings is 2. The van der Waals surface area contributed by atoms with Crippen molar-refractivity contribution in [1.29, 1.82) is 0 Å². The Kier molecular flexibility index (Phi) is 2.90. The lowest BCUT2D eigenvalue weighted by molar-refractivity contribution is 0.389. The molecule has 1 aromatic heterocycles. The van der Waals surface area contributed by atoms with E-state index in [1.54, 1.807) is 6.07 Å². The fraction of sp³-hybridized carbons (Fsp3) is 0.0588. The molecule has 1 N–H and O–H groups in total. The fourth-order valence-corrected chi connectivity index (χ4v) is 3.22. The van der Waals surface area contributed by atoms with Crippen molar-refractivity contribution in [3.63, 3.8) is 0 Å². The monoisotopic (exact) mass is 354 g/mol. The molecule has 0 atom stereocenters. The number of rotatable bonds is 1. The number of halogens is 1. The summed E-state index contributed by atoms with van der Waals surface area (Å²) >= 11 is 3.37. The van der Waals surface area contributed by atoms with Gasteiger partial charge in [-0.05, 0) is 23.8 Å². The highest BCUT2D eigenvalue weighted by Gasteiger charge is 2.25. The van der Waals surface area contributed by atoms with Gasteiger partial charge in [-0.2, -0.15) is 4.98 Å². The van der Waals surface area contributed by atoms with Crippen LogP contribution in [0.2, 0.25) is 0 Å². The number of fused-ring (bicyclic) bond motifs is 3. The molecule has 0 unspecified atom stereocenters. The quantitative estimate of drug-likeness (QED) is 0.727. The Morgan fingerprint density at radius 1 is 1.14 bits per heavy atom. The fourth-order valence-electron chi connectivity index (χ4n) is 2.86. The molecule has 0 saturated carbocycles. The van der Waals surface area contributed by atoms with Crippen LogP contribution < -0.4 is 5.56 Å².